The molecule has 0 spiro atoms. The van der Waals surface area contributed by atoms with Crippen molar-refractivity contribution in [3.05, 3.63) is 81.5 Å². The third-order valence-electron chi connectivity index (χ3n) is 6.65. The van der Waals surface area contributed by atoms with Crippen LogP contribution < -0.4 is 30.2 Å². The molecule has 0 radical (unpaired) electrons. The standard InChI is InChI=1S/C30H22N2O8/c1-35-23-11-19-21(13-25(23)37-3)31-27(39-29(19)33)17-9-10-18(16-8-6-5-7-15(16)17)28-32-22-14-26(38-4)24(36-2)12-20(22)30(34)40-28/h5-14H,1-4H3. The van der Waals surface area contributed by atoms with Gasteiger partial charge in [0, 0.05) is 35.4 Å². The fourth-order valence-electron chi connectivity index (χ4n) is 4.70. The summed E-state index contributed by atoms with van der Waals surface area (Å²) in [5, 5.41) is 1.95. The van der Waals surface area contributed by atoms with E-state index in [4.69, 9.17) is 27.8 Å². The van der Waals surface area contributed by atoms with Crippen molar-refractivity contribution in [1.82, 2.24) is 9.97 Å². The summed E-state index contributed by atoms with van der Waals surface area (Å²) in [4.78, 5) is 35.1. The van der Waals surface area contributed by atoms with Crippen LogP contribution in [0.15, 0.2) is 79.1 Å². The SMILES string of the molecule is COc1cc2nc(-c3ccc(-c4nc5cc(OC)c(OC)cc5c(=O)o4)c4ccccc34)oc(=O)c2cc1OC. The normalized spacial score (nSPS) is 11.2. The maximum Gasteiger partial charge on any atom is 0.347 e. The lowest BCUT2D eigenvalue weighted by atomic mass is 9.99. The number of aromatic nitrogens is 2. The molecule has 6 rings (SSSR count). The van der Waals surface area contributed by atoms with Crippen molar-refractivity contribution in [2.45, 2.75) is 0 Å². The molecule has 0 aliphatic carbocycles. The maximum atomic E-state index is 12.9. The van der Waals surface area contributed by atoms with E-state index in [0.717, 1.165) is 0 Å². The third-order valence-corrected chi connectivity index (χ3v) is 6.65. The molecule has 6 aromatic rings. The van der Waals surface area contributed by atoms with Crippen LogP contribution in [0.2, 0.25) is 0 Å². The number of rotatable bonds is 6. The lowest BCUT2D eigenvalue weighted by Crippen LogP contribution is -2.05. The van der Waals surface area contributed by atoms with Crippen LogP contribution in [0.25, 0.3) is 55.5 Å². The molecule has 0 saturated heterocycles. The minimum Gasteiger partial charge on any atom is -0.493 e. The first-order valence-corrected chi connectivity index (χ1v) is 12.1. The Morgan fingerprint density at radius 1 is 0.525 bits per heavy atom. The van der Waals surface area contributed by atoms with Crippen LogP contribution in [-0.4, -0.2) is 38.4 Å². The highest BCUT2D eigenvalue weighted by molar-refractivity contribution is 6.03. The molecule has 2 heterocycles. The van der Waals surface area contributed by atoms with Crippen LogP contribution in [0.5, 0.6) is 23.0 Å². The Hall–Kier alpha value is -5.38. The van der Waals surface area contributed by atoms with E-state index in [2.05, 4.69) is 9.97 Å². The zero-order valence-electron chi connectivity index (χ0n) is 21.9. The van der Waals surface area contributed by atoms with E-state index >= 15 is 0 Å². The molecule has 10 nitrogen and oxygen atoms in total. The minimum absolute atomic E-state index is 0.122. The molecule has 2 aromatic heterocycles. The molecule has 0 bridgehead atoms. The molecule has 0 fully saturated rings. The first-order chi connectivity index (χ1) is 19.4. The van der Waals surface area contributed by atoms with Crippen LogP contribution in [0.1, 0.15) is 0 Å². The summed E-state index contributed by atoms with van der Waals surface area (Å²) in [6.45, 7) is 0. The Kier molecular flexibility index (Phi) is 6.07. The maximum absolute atomic E-state index is 12.9. The van der Waals surface area contributed by atoms with Crippen LogP contribution in [0, 0.1) is 0 Å². The second kappa shape index (κ2) is 9.73. The van der Waals surface area contributed by atoms with Gasteiger partial charge in [-0.15, -0.1) is 0 Å². The third kappa shape index (κ3) is 3.97. The Balaban J connectivity index is 1.55. The van der Waals surface area contributed by atoms with Gasteiger partial charge in [-0.05, 0) is 22.9 Å². The van der Waals surface area contributed by atoms with Crippen molar-refractivity contribution in [2.24, 2.45) is 0 Å². The fourth-order valence-corrected chi connectivity index (χ4v) is 4.70. The van der Waals surface area contributed by atoms with Crippen molar-refractivity contribution in [3.8, 4) is 45.9 Å². The summed E-state index contributed by atoms with van der Waals surface area (Å²) >= 11 is 0. The van der Waals surface area contributed by atoms with Crippen molar-refractivity contribution >= 4 is 32.6 Å². The highest BCUT2D eigenvalue weighted by Crippen LogP contribution is 2.37. The predicted octanol–water partition coefficient (Wildman–Crippen LogP) is 5.21. The van der Waals surface area contributed by atoms with E-state index < -0.39 is 11.3 Å². The van der Waals surface area contributed by atoms with E-state index in [1.807, 2.05) is 24.3 Å². The van der Waals surface area contributed by atoms with Gasteiger partial charge < -0.3 is 27.8 Å². The first kappa shape index (κ1) is 24.9. The lowest BCUT2D eigenvalue weighted by Gasteiger charge is -2.12. The Morgan fingerprint density at radius 3 is 1.27 bits per heavy atom. The Bertz CT molecular complexity index is 1910. The van der Waals surface area contributed by atoms with Gasteiger partial charge in [0.2, 0.25) is 11.8 Å². The van der Waals surface area contributed by atoms with Gasteiger partial charge in [-0.25, -0.2) is 19.6 Å². The van der Waals surface area contributed by atoms with Gasteiger partial charge in [-0.3, -0.25) is 0 Å². The molecule has 200 valence electrons. The lowest BCUT2D eigenvalue weighted by molar-refractivity contribution is 0.355. The summed E-state index contributed by atoms with van der Waals surface area (Å²) in [7, 11) is 5.99. The van der Waals surface area contributed by atoms with E-state index in [-0.39, 0.29) is 22.6 Å². The number of ether oxygens (including phenoxy) is 4. The van der Waals surface area contributed by atoms with Gasteiger partial charge >= 0.3 is 11.3 Å². The van der Waals surface area contributed by atoms with Gasteiger partial charge in [-0.2, -0.15) is 0 Å². The molecule has 0 amide bonds. The fraction of sp³-hybridized carbons (Fsp3) is 0.133. The number of fused-ring (bicyclic) bond motifs is 3. The molecule has 0 N–H and O–H groups in total. The number of hydrogen-bond acceptors (Lipinski definition) is 10. The summed E-state index contributed by atoms with van der Waals surface area (Å²) in [6, 6.07) is 17.2. The van der Waals surface area contributed by atoms with Crippen molar-refractivity contribution < 1.29 is 27.8 Å². The first-order valence-electron chi connectivity index (χ1n) is 12.1. The highest BCUT2D eigenvalue weighted by atomic mass is 16.5. The molecular weight excluding hydrogens is 516 g/mol. The summed E-state index contributed by atoms with van der Waals surface area (Å²) in [5.41, 5.74) is 0.791. The Morgan fingerprint density at radius 2 is 0.900 bits per heavy atom. The second-order valence-corrected chi connectivity index (χ2v) is 8.77. The topological polar surface area (TPSA) is 123 Å². The molecule has 4 aromatic carbocycles. The monoisotopic (exact) mass is 538 g/mol. The zero-order valence-corrected chi connectivity index (χ0v) is 21.9. The smallest absolute Gasteiger partial charge is 0.347 e. The highest BCUT2D eigenvalue weighted by Gasteiger charge is 2.19. The van der Waals surface area contributed by atoms with E-state index in [1.165, 1.54) is 40.6 Å². The van der Waals surface area contributed by atoms with Crippen molar-refractivity contribution in [2.75, 3.05) is 28.4 Å². The summed E-state index contributed by atoms with van der Waals surface area (Å²) in [5.74, 6) is 1.91. The van der Waals surface area contributed by atoms with Crippen molar-refractivity contribution in [3.63, 3.8) is 0 Å². The molecule has 0 saturated carbocycles. The second-order valence-electron chi connectivity index (χ2n) is 8.77. The van der Waals surface area contributed by atoms with Crippen LogP contribution in [-0.2, 0) is 0 Å². The number of hydrogen-bond donors (Lipinski definition) is 0. The molecule has 0 aliphatic rings. The molecule has 40 heavy (non-hydrogen) atoms. The average Bonchev–Trinajstić information content (AvgIpc) is 2.99. The van der Waals surface area contributed by atoms with Gasteiger partial charge in [-0.1, -0.05) is 24.3 Å². The van der Waals surface area contributed by atoms with E-state index in [1.54, 1.807) is 24.3 Å². The number of methoxy groups -OCH3 is 4. The van der Waals surface area contributed by atoms with Gasteiger partial charge in [0.25, 0.3) is 0 Å². The molecule has 0 atom stereocenters. The molecule has 0 unspecified atom stereocenters. The van der Waals surface area contributed by atoms with Crippen LogP contribution in [0.3, 0.4) is 0 Å². The predicted molar refractivity (Wildman–Crippen MR) is 149 cm³/mol. The van der Waals surface area contributed by atoms with Gasteiger partial charge in [0.1, 0.15) is 0 Å². The number of nitrogens with zero attached hydrogens (tertiary/aromatic N) is 2. The van der Waals surface area contributed by atoms with Crippen LogP contribution in [0.4, 0.5) is 0 Å². The molecule has 10 heteroatoms. The average molecular weight is 539 g/mol. The van der Waals surface area contributed by atoms with Gasteiger partial charge in [0.15, 0.2) is 23.0 Å². The Labute approximate surface area is 226 Å². The van der Waals surface area contributed by atoms with E-state index in [9.17, 15) is 9.59 Å². The minimum atomic E-state index is -0.569. The quantitative estimate of drug-likeness (QED) is 0.279. The zero-order chi connectivity index (χ0) is 28.0. The molecule has 0 aliphatic heterocycles. The van der Waals surface area contributed by atoms with Crippen LogP contribution >= 0.6 is 0 Å². The molecular formula is C30H22N2O8. The number of benzene rings is 4. The largest absolute Gasteiger partial charge is 0.493 e. The van der Waals surface area contributed by atoms with E-state index in [0.29, 0.717) is 55.9 Å². The van der Waals surface area contributed by atoms with Crippen molar-refractivity contribution in [1.29, 1.82) is 0 Å². The summed E-state index contributed by atoms with van der Waals surface area (Å²) in [6.07, 6.45) is 0. The summed E-state index contributed by atoms with van der Waals surface area (Å²) < 4.78 is 32.7. The van der Waals surface area contributed by atoms with Gasteiger partial charge in [0.05, 0.1) is 50.2 Å².